The molecule has 1 aliphatic carbocycles. The fraction of sp³-hybridized carbons (Fsp3) is 0.917. The number of rotatable bonds is 6. The summed E-state index contributed by atoms with van der Waals surface area (Å²) in [5, 5.41) is 3.33. The van der Waals surface area contributed by atoms with E-state index in [0.717, 1.165) is 38.6 Å². The minimum Gasteiger partial charge on any atom is -0.449 e. The molecule has 8 heteroatoms. The van der Waals surface area contributed by atoms with Gasteiger partial charge >= 0.3 is 16.3 Å². The summed E-state index contributed by atoms with van der Waals surface area (Å²) >= 11 is 0. The van der Waals surface area contributed by atoms with Gasteiger partial charge in [0.25, 0.3) is 0 Å². The normalized spacial score (nSPS) is 23.6. The number of nitrogens with one attached hydrogen (secondary N) is 2. The van der Waals surface area contributed by atoms with E-state index in [-0.39, 0.29) is 18.7 Å². The molecular formula is C12H23N3O4S. The molecule has 2 fully saturated rings. The van der Waals surface area contributed by atoms with Crippen LogP contribution in [-0.4, -0.2) is 50.6 Å². The van der Waals surface area contributed by atoms with Gasteiger partial charge in [0.1, 0.15) is 0 Å². The van der Waals surface area contributed by atoms with Gasteiger partial charge in [-0.05, 0) is 39.2 Å². The lowest BCUT2D eigenvalue weighted by Gasteiger charge is -2.29. The molecule has 0 aromatic rings. The van der Waals surface area contributed by atoms with Crippen molar-refractivity contribution < 1.29 is 17.9 Å². The van der Waals surface area contributed by atoms with Crippen molar-refractivity contribution in [2.24, 2.45) is 0 Å². The van der Waals surface area contributed by atoms with Gasteiger partial charge in [-0.2, -0.15) is 12.7 Å². The summed E-state index contributed by atoms with van der Waals surface area (Å²) in [5.74, 6) is 0. The molecule has 0 bridgehead atoms. The van der Waals surface area contributed by atoms with E-state index in [9.17, 15) is 13.2 Å². The first kappa shape index (κ1) is 15.5. The van der Waals surface area contributed by atoms with Crippen molar-refractivity contribution in [3.63, 3.8) is 0 Å². The molecule has 1 unspecified atom stereocenters. The van der Waals surface area contributed by atoms with Crippen LogP contribution in [0.25, 0.3) is 0 Å². The highest BCUT2D eigenvalue weighted by molar-refractivity contribution is 7.87. The molecule has 2 rings (SSSR count). The Morgan fingerprint density at radius 3 is 2.65 bits per heavy atom. The van der Waals surface area contributed by atoms with Gasteiger partial charge in [-0.25, -0.2) is 9.52 Å². The van der Waals surface area contributed by atoms with Crippen molar-refractivity contribution in [2.45, 2.75) is 51.1 Å². The van der Waals surface area contributed by atoms with Crippen LogP contribution in [0.15, 0.2) is 0 Å². The molecule has 1 aliphatic heterocycles. The van der Waals surface area contributed by atoms with Gasteiger partial charge in [-0.3, -0.25) is 0 Å². The minimum absolute atomic E-state index is 0.0191. The Labute approximate surface area is 120 Å². The van der Waals surface area contributed by atoms with Crippen LogP contribution in [0.3, 0.4) is 0 Å². The van der Waals surface area contributed by atoms with E-state index in [1.807, 2.05) is 4.72 Å². The second-order valence-corrected chi connectivity index (χ2v) is 6.90. The van der Waals surface area contributed by atoms with E-state index in [1.165, 1.54) is 4.31 Å². The highest BCUT2D eigenvalue weighted by Gasteiger charge is 2.39. The van der Waals surface area contributed by atoms with E-state index in [0.29, 0.717) is 6.54 Å². The van der Waals surface area contributed by atoms with E-state index >= 15 is 0 Å². The SMILES string of the molecule is CCOC(=O)NS(=O)(=O)N(CC1CCCCN1)C1CC1. The van der Waals surface area contributed by atoms with Gasteiger partial charge in [0, 0.05) is 18.6 Å². The molecule has 0 radical (unpaired) electrons. The zero-order chi connectivity index (χ0) is 14.6. The predicted octanol–water partition coefficient (Wildman–Crippen LogP) is 0.584. The van der Waals surface area contributed by atoms with Crippen LogP contribution >= 0.6 is 0 Å². The van der Waals surface area contributed by atoms with Crippen LogP contribution in [0.2, 0.25) is 0 Å². The predicted molar refractivity (Wildman–Crippen MR) is 74.4 cm³/mol. The third kappa shape index (κ3) is 4.32. The zero-order valence-electron chi connectivity index (χ0n) is 11.8. The Morgan fingerprint density at radius 1 is 1.35 bits per heavy atom. The number of nitrogens with zero attached hydrogens (tertiary/aromatic N) is 1. The Morgan fingerprint density at radius 2 is 2.10 bits per heavy atom. The van der Waals surface area contributed by atoms with Crippen LogP contribution in [0.4, 0.5) is 4.79 Å². The van der Waals surface area contributed by atoms with E-state index in [1.54, 1.807) is 6.92 Å². The summed E-state index contributed by atoms with van der Waals surface area (Å²) in [5.41, 5.74) is 0. The van der Waals surface area contributed by atoms with Crippen LogP contribution in [0, 0.1) is 0 Å². The van der Waals surface area contributed by atoms with Crippen LogP contribution < -0.4 is 10.0 Å². The molecular weight excluding hydrogens is 282 g/mol. The third-order valence-electron chi connectivity index (χ3n) is 3.56. The Balaban J connectivity index is 1.97. The molecule has 0 aromatic heterocycles. The van der Waals surface area contributed by atoms with E-state index < -0.39 is 16.3 Å². The Bertz CT molecular complexity index is 430. The maximum Gasteiger partial charge on any atom is 0.421 e. The molecule has 1 saturated carbocycles. The zero-order valence-corrected chi connectivity index (χ0v) is 12.6. The molecule has 0 spiro atoms. The second-order valence-electron chi connectivity index (χ2n) is 5.28. The van der Waals surface area contributed by atoms with Crippen LogP contribution in [-0.2, 0) is 14.9 Å². The first-order chi connectivity index (χ1) is 9.53. The van der Waals surface area contributed by atoms with Crippen molar-refractivity contribution in [2.75, 3.05) is 19.7 Å². The average molecular weight is 305 g/mol. The fourth-order valence-electron chi connectivity index (χ4n) is 2.43. The van der Waals surface area contributed by atoms with Crippen molar-refractivity contribution in [1.82, 2.24) is 14.3 Å². The van der Waals surface area contributed by atoms with Gasteiger partial charge < -0.3 is 10.1 Å². The summed E-state index contributed by atoms with van der Waals surface area (Å²) < 4.78 is 32.5. The molecule has 7 nitrogen and oxygen atoms in total. The lowest BCUT2D eigenvalue weighted by Crippen LogP contribution is -2.51. The molecule has 1 heterocycles. The van der Waals surface area contributed by atoms with Crippen molar-refractivity contribution >= 4 is 16.3 Å². The summed E-state index contributed by atoms with van der Waals surface area (Å²) in [4.78, 5) is 11.3. The van der Waals surface area contributed by atoms with E-state index in [2.05, 4.69) is 10.1 Å². The summed E-state index contributed by atoms with van der Waals surface area (Å²) in [7, 11) is -3.81. The number of piperidine rings is 1. The van der Waals surface area contributed by atoms with Gasteiger partial charge in [-0.15, -0.1) is 0 Å². The highest BCUT2D eigenvalue weighted by Crippen LogP contribution is 2.29. The topological polar surface area (TPSA) is 87.7 Å². The molecule has 2 aliphatic rings. The second kappa shape index (κ2) is 6.73. The molecule has 20 heavy (non-hydrogen) atoms. The lowest BCUT2D eigenvalue weighted by atomic mass is 10.1. The molecule has 1 atom stereocenters. The standard InChI is InChI=1S/C12H23N3O4S/c1-2-19-12(16)14-20(17,18)15(11-6-7-11)9-10-5-3-4-8-13-10/h10-11,13H,2-9H2,1H3,(H,14,16). The Hall–Kier alpha value is -0.860. The molecule has 1 amide bonds. The smallest absolute Gasteiger partial charge is 0.421 e. The van der Waals surface area contributed by atoms with Gasteiger partial charge in [0.15, 0.2) is 0 Å². The average Bonchev–Trinajstić information content (AvgIpc) is 3.21. The minimum atomic E-state index is -3.81. The first-order valence-electron chi connectivity index (χ1n) is 7.22. The van der Waals surface area contributed by atoms with Crippen molar-refractivity contribution in [1.29, 1.82) is 0 Å². The van der Waals surface area contributed by atoms with Gasteiger partial charge in [0.05, 0.1) is 6.61 Å². The van der Waals surface area contributed by atoms with Gasteiger partial charge in [0.2, 0.25) is 0 Å². The number of amides is 1. The number of hydrogen-bond donors (Lipinski definition) is 2. The van der Waals surface area contributed by atoms with Crippen molar-refractivity contribution in [3.05, 3.63) is 0 Å². The van der Waals surface area contributed by atoms with E-state index in [4.69, 9.17) is 0 Å². The van der Waals surface area contributed by atoms with Gasteiger partial charge in [-0.1, -0.05) is 6.42 Å². The lowest BCUT2D eigenvalue weighted by molar-refractivity contribution is 0.157. The van der Waals surface area contributed by atoms with Crippen LogP contribution in [0.1, 0.15) is 39.0 Å². The summed E-state index contributed by atoms with van der Waals surface area (Å²) in [6, 6.07) is 0.189. The maximum absolute atomic E-state index is 12.3. The molecule has 2 N–H and O–H groups in total. The fourth-order valence-corrected chi connectivity index (χ4v) is 3.79. The Kier molecular flexibility index (Phi) is 5.22. The maximum atomic E-state index is 12.3. The highest BCUT2D eigenvalue weighted by atomic mass is 32.2. The number of carbonyl (C=O) groups excluding carboxylic acids is 1. The number of hydrogen-bond acceptors (Lipinski definition) is 5. The molecule has 1 saturated heterocycles. The third-order valence-corrected chi connectivity index (χ3v) is 5.05. The van der Waals surface area contributed by atoms with Crippen molar-refractivity contribution in [3.8, 4) is 0 Å². The summed E-state index contributed by atoms with van der Waals surface area (Å²) in [6.07, 6.45) is 4.02. The monoisotopic (exact) mass is 305 g/mol. The molecule has 116 valence electrons. The number of carbonyl (C=O) groups is 1. The quantitative estimate of drug-likeness (QED) is 0.749. The number of ether oxygens (including phenoxy) is 1. The first-order valence-corrected chi connectivity index (χ1v) is 8.66. The largest absolute Gasteiger partial charge is 0.449 e. The van der Waals surface area contributed by atoms with Crippen LogP contribution in [0.5, 0.6) is 0 Å². The molecule has 0 aromatic carbocycles. The summed E-state index contributed by atoms with van der Waals surface area (Å²) in [6.45, 7) is 3.12.